The average molecular weight is 353 g/mol. The van der Waals surface area contributed by atoms with Crippen molar-refractivity contribution in [3.63, 3.8) is 0 Å². The molecule has 0 radical (unpaired) electrons. The standard InChI is InChI=1S/C9H10BrClF3NOS/c10-7-3-6(17-8(7)11)4-15-1-2-16-5-9(12,13)14/h3,15H,1-2,4-5H2. The predicted octanol–water partition coefficient (Wildman–Crippen LogP) is 3.83. The molecule has 0 unspecified atom stereocenters. The molecule has 1 heterocycles. The van der Waals surface area contributed by atoms with Gasteiger partial charge in [-0.1, -0.05) is 11.6 Å². The van der Waals surface area contributed by atoms with Crippen molar-refractivity contribution in [1.29, 1.82) is 0 Å². The van der Waals surface area contributed by atoms with Crippen LogP contribution >= 0.6 is 38.9 Å². The van der Waals surface area contributed by atoms with E-state index in [1.807, 2.05) is 6.07 Å². The van der Waals surface area contributed by atoms with E-state index in [1.165, 1.54) is 11.3 Å². The number of ether oxygens (including phenoxy) is 1. The molecule has 98 valence electrons. The summed E-state index contributed by atoms with van der Waals surface area (Å²) in [7, 11) is 0. The van der Waals surface area contributed by atoms with Gasteiger partial charge in [-0.05, 0) is 22.0 Å². The van der Waals surface area contributed by atoms with Crippen LogP contribution in [0.3, 0.4) is 0 Å². The van der Waals surface area contributed by atoms with Crippen LogP contribution in [0.2, 0.25) is 4.34 Å². The van der Waals surface area contributed by atoms with E-state index in [2.05, 4.69) is 26.0 Å². The minimum atomic E-state index is -4.26. The van der Waals surface area contributed by atoms with Crippen molar-refractivity contribution in [1.82, 2.24) is 5.32 Å². The third-order valence-corrected chi connectivity index (χ3v) is 4.16. The second kappa shape index (κ2) is 6.94. The molecule has 0 aliphatic rings. The van der Waals surface area contributed by atoms with Crippen LogP contribution < -0.4 is 5.32 Å². The van der Waals surface area contributed by atoms with Gasteiger partial charge in [-0.25, -0.2) is 0 Å². The fourth-order valence-corrected chi connectivity index (χ4v) is 2.78. The average Bonchev–Trinajstić information content (AvgIpc) is 2.50. The maximum Gasteiger partial charge on any atom is 0.411 e. The van der Waals surface area contributed by atoms with Crippen molar-refractivity contribution in [2.45, 2.75) is 12.7 Å². The molecule has 0 spiro atoms. The highest BCUT2D eigenvalue weighted by atomic mass is 79.9. The van der Waals surface area contributed by atoms with Gasteiger partial charge in [0.2, 0.25) is 0 Å². The summed E-state index contributed by atoms with van der Waals surface area (Å²) in [6.45, 7) is -0.251. The highest BCUT2D eigenvalue weighted by molar-refractivity contribution is 9.10. The predicted molar refractivity (Wildman–Crippen MR) is 65.6 cm³/mol. The number of hydrogen-bond donors (Lipinski definition) is 1. The van der Waals surface area contributed by atoms with E-state index in [-0.39, 0.29) is 6.61 Å². The SMILES string of the molecule is FC(F)(F)COCCNCc1cc(Br)c(Cl)s1. The van der Waals surface area contributed by atoms with E-state index in [9.17, 15) is 13.2 Å². The zero-order chi connectivity index (χ0) is 12.9. The Morgan fingerprint density at radius 1 is 1.47 bits per heavy atom. The Morgan fingerprint density at radius 3 is 2.71 bits per heavy atom. The first kappa shape index (κ1) is 15.2. The number of rotatable bonds is 6. The highest BCUT2D eigenvalue weighted by Gasteiger charge is 2.27. The van der Waals surface area contributed by atoms with Crippen LogP contribution in [-0.4, -0.2) is 25.9 Å². The molecule has 0 aliphatic carbocycles. The summed E-state index contributed by atoms with van der Waals surface area (Å²) in [6, 6.07) is 1.87. The summed E-state index contributed by atoms with van der Waals surface area (Å²) in [5.74, 6) is 0. The van der Waals surface area contributed by atoms with Gasteiger partial charge in [-0.2, -0.15) is 13.2 Å². The minimum absolute atomic E-state index is 0.0276. The normalized spacial score (nSPS) is 12.1. The van der Waals surface area contributed by atoms with Gasteiger partial charge < -0.3 is 10.1 Å². The van der Waals surface area contributed by atoms with Gasteiger partial charge in [0.15, 0.2) is 0 Å². The summed E-state index contributed by atoms with van der Waals surface area (Å²) < 4.78 is 41.1. The summed E-state index contributed by atoms with van der Waals surface area (Å²) in [5, 5.41) is 2.97. The Morgan fingerprint density at radius 2 is 2.18 bits per heavy atom. The van der Waals surface area contributed by atoms with Crippen LogP contribution in [0.4, 0.5) is 13.2 Å². The molecule has 0 bridgehead atoms. The molecule has 17 heavy (non-hydrogen) atoms. The first-order chi connectivity index (χ1) is 7.88. The summed E-state index contributed by atoms with van der Waals surface area (Å²) in [5.41, 5.74) is 0. The van der Waals surface area contributed by atoms with Gasteiger partial charge in [0.1, 0.15) is 10.9 Å². The maximum absolute atomic E-state index is 11.7. The Hall–Kier alpha value is 0.180. The third kappa shape index (κ3) is 6.61. The number of alkyl halides is 3. The zero-order valence-corrected chi connectivity index (χ0v) is 11.8. The molecule has 1 aromatic heterocycles. The van der Waals surface area contributed by atoms with Gasteiger partial charge in [0, 0.05) is 22.4 Å². The molecule has 1 N–H and O–H groups in total. The topological polar surface area (TPSA) is 21.3 Å². The lowest BCUT2D eigenvalue weighted by atomic mass is 10.4. The Kier molecular flexibility index (Phi) is 6.22. The second-order valence-corrected chi connectivity index (χ2v) is 5.77. The van der Waals surface area contributed by atoms with Crippen molar-refractivity contribution >= 4 is 38.9 Å². The van der Waals surface area contributed by atoms with Crippen molar-refractivity contribution in [3.8, 4) is 0 Å². The Labute approximate surface area is 114 Å². The number of nitrogens with one attached hydrogen (secondary N) is 1. The van der Waals surface area contributed by atoms with E-state index in [4.69, 9.17) is 11.6 Å². The number of thiophene rings is 1. The van der Waals surface area contributed by atoms with Crippen molar-refractivity contribution in [2.75, 3.05) is 19.8 Å². The summed E-state index contributed by atoms with van der Waals surface area (Å²) in [6.07, 6.45) is -4.26. The molecule has 1 aromatic rings. The van der Waals surface area contributed by atoms with Crippen molar-refractivity contribution in [2.24, 2.45) is 0 Å². The van der Waals surface area contributed by atoms with Gasteiger partial charge in [-0.3, -0.25) is 0 Å². The van der Waals surface area contributed by atoms with Crippen LogP contribution in [0, 0.1) is 0 Å². The molecule has 8 heteroatoms. The molecule has 2 nitrogen and oxygen atoms in total. The summed E-state index contributed by atoms with van der Waals surface area (Å²) in [4.78, 5) is 1.01. The highest BCUT2D eigenvalue weighted by Crippen LogP contribution is 2.31. The molecule has 0 saturated carbocycles. The quantitative estimate of drug-likeness (QED) is 0.786. The fourth-order valence-electron chi connectivity index (χ4n) is 1.02. The second-order valence-electron chi connectivity index (χ2n) is 3.18. The van der Waals surface area contributed by atoms with E-state index in [0.29, 0.717) is 17.4 Å². The van der Waals surface area contributed by atoms with Crippen LogP contribution in [0.15, 0.2) is 10.5 Å². The molecule has 0 fully saturated rings. The molecule has 0 aliphatic heterocycles. The van der Waals surface area contributed by atoms with Gasteiger partial charge >= 0.3 is 6.18 Å². The molecular formula is C9H10BrClF3NOS. The largest absolute Gasteiger partial charge is 0.411 e. The first-order valence-electron chi connectivity index (χ1n) is 4.67. The molecule has 1 rings (SSSR count). The van der Waals surface area contributed by atoms with Crippen LogP contribution in [0.1, 0.15) is 4.88 Å². The van der Waals surface area contributed by atoms with Crippen molar-refractivity contribution < 1.29 is 17.9 Å². The van der Waals surface area contributed by atoms with Crippen LogP contribution in [-0.2, 0) is 11.3 Å². The molecule has 0 saturated heterocycles. The maximum atomic E-state index is 11.7. The van der Waals surface area contributed by atoms with E-state index < -0.39 is 12.8 Å². The Balaban J connectivity index is 2.09. The van der Waals surface area contributed by atoms with E-state index in [1.54, 1.807) is 0 Å². The van der Waals surface area contributed by atoms with Crippen molar-refractivity contribution in [3.05, 3.63) is 19.8 Å². The smallest absolute Gasteiger partial charge is 0.371 e. The molecule has 0 aromatic carbocycles. The lowest BCUT2D eigenvalue weighted by Crippen LogP contribution is -2.23. The monoisotopic (exact) mass is 351 g/mol. The first-order valence-corrected chi connectivity index (χ1v) is 6.66. The van der Waals surface area contributed by atoms with Gasteiger partial charge in [0.25, 0.3) is 0 Å². The van der Waals surface area contributed by atoms with E-state index >= 15 is 0 Å². The number of hydrogen-bond acceptors (Lipinski definition) is 3. The van der Waals surface area contributed by atoms with Crippen LogP contribution in [0.5, 0.6) is 0 Å². The lowest BCUT2D eigenvalue weighted by molar-refractivity contribution is -0.173. The van der Waals surface area contributed by atoms with Gasteiger partial charge in [-0.15, -0.1) is 11.3 Å². The zero-order valence-electron chi connectivity index (χ0n) is 8.61. The molecule has 0 amide bonds. The van der Waals surface area contributed by atoms with E-state index in [0.717, 1.165) is 9.35 Å². The molecule has 0 atom stereocenters. The minimum Gasteiger partial charge on any atom is -0.371 e. The van der Waals surface area contributed by atoms with Crippen LogP contribution in [0.25, 0.3) is 0 Å². The Bertz CT molecular complexity index is 339. The number of halogens is 5. The van der Waals surface area contributed by atoms with Gasteiger partial charge in [0.05, 0.1) is 6.61 Å². The molecular weight excluding hydrogens is 343 g/mol. The summed E-state index contributed by atoms with van der Waals surface area (Å²) >= 11 is 10.5. The third-order valence-electron chi connectivity index (χ3n) is 1.68. The lowest BCUT2D eigenvalue weighted by Gasteiger charge is -2.07. The fraction of sp³-hybridized carbons (Fsp3) is 0.556.